The van der Waals surface area contributed by atoms with Crippen molar-refractivity contribution >= 4 is 28.7 Å². The van der Waals surface area contributed by atoms with Crippen LogP contribution in [0.1, 0.15) is 52.8 Å². The van der Waals surface area contributed by atoms with Gasteiger partial charge in [-0.05, 0) is 62.2 Å². The van der Waals surface area contributed by atoms with Gasteiger partial charge in [0.15, 0.2) is 6.61 Å². The minimum atomic E-state index is -0.696. The van der Waals surface area contributed by atoms with Crippen molar-refractivity contribution in [2.45, 2.75) is 32.7 Å². The number of hydrogen-bond donors (Lipinski definition) is 3. The number of hydrogen-bond acceptors (Lipinski definition) is 6. The summed E-state index contributed by atoms with van der Waals surface area (Å²) >= 11 is 0. The van der Waals surface area contributed by atoms with E-state index < -0.39 is 24.0 Å². The fourth-order valence-corrected chi connectivity index (χ4v) is 4.31. The number of benzene rings is 3. The van der Waals surface area contributed by atoms with Crippen molar-refractivity contribution in [3.63, 3.8) is 0 Å². The molecule has 0 aliphatic rings. The molecule has 1 aromatic heterocycles. The number of halogens is 1. The van der Waals surface area contributed by atoms with Crippen molar-refractivity contribution in [3.8, 4) is 22.6 Å². The molecule has 4 aromatic rings. The van der Waals surface area contributed by atoms with Crippen LogP contribution < -0.4 is 26.3 Å². The summed E-state index contributed by atoms with van der Waals surface area (Å²) in [6.07, 6.45) is 0.217. The number of methoxy groups -OCH3 is 1. The lowest BCUT2D eigenvalue weighted by molar-refractivity contribution is -0.119. The Morgan fingerprint density at radius 1 is 0.975 bits per heavy atom. The summed E-state index contributed by atoms with van der Waals surface area (Å²) in [6.45, 7) is 5.14. The summed E-state index contributed by atoms with van der Waals surface area (Å²) < 4.78 is 30.5. The zero-order valence-corrected chi connectivity index (χ0v) is 22.6. The molecular weight excluding hydrogens is 517 g/mol. The maximum Gasteiger partial charge on any atom is 0.255 e. The predicted octanol–water partition coefficient (Wildman–Crippen LogP) is 4.33. The van der Waals surface area contributed by atoms with Gasteiger partial charge in [-0.25, -0.2) is 4.39 Å². The third-order valence-corrected chi connectivity index (χ3v) is 6.00. The first-order valence-electron chi connectivity index (χ1n) is 12.4. The third-order valence-electron chi connectivity index (χ3n) is 6.00. The molecule has 5 N–H and O–H groups in total. The first-order chi connectivity index (χ1) is 18.9. The van der Waals surface area contributed by atoms with Crippen molar-refractivity contribution in [1.82, 2.24) is 5.32 Å². The molecule has 0 bridgehead atoms. The van der Waals surface area contributed by atoms with E-state index in [1.165, 1.54) is 25.3 Å². The van der Waals surface area contributed by atoms with Crippen LogP contribution in [-0.2, 0) is 11.2 Å². The standard InChI is InChI=1S/C30H30FN3O6/c1-30(2,3)34-29(37)21-13-19(24(14-23(21)38-4)39-15-26(32)35)17-7-10-22-20(12-17)27(28(33)36)25(40-22)11-16-5-8-18(31)9-6-16/h5-10,12-14H,11,15H2,1-4H3,(H2,32,35)(H2,33,36)(H,34,37). The van der Waals surface area contributed by atoms with Crippen LogP contribution in [0.4, 0.5) is 4.39 Å². The first-order valence-corrected chi connectivity index (χ1v) is 12.4. The predicted molar refractivity (Wildman–Crippen MR) is 148 cm³/mol. The van der Waals surface area contributed by atoms with E-state index in [4.69, 9.17) is 25.4 Å². The van der Waals surface area contributed by atoms with Crippen molar-refractivity contribution in [2.75, 3.05) is 13.7 Å². The van der Waals surface area contributed by atoms with Crippen LogP contribution in [0, 0.1) is 5.82 Å². The average Bonchev–Trinajstić information content (AvgIpc) is 3.24. The van der Waals surface area contributed by atoms with Gasteiger partial charge in [-0.2, -0.15) is 0 Å². The van der Waals surface area contributed by atoms with Crippen molar-refractivity contribution < 1.29 is 32.7 Å². The number of furan rings is 1. The molecule has 4 rings (SSSR count). The largest absolute Gasteiger partial charge is 0.496 e. The van der Waals surface area contributed by atoms with Crippen LogP contribution in [-0.4, -0.2) is 37.0 Å². The summed E-state index contributed by atoms with van der Waals surface area (Å²) in [5.41, 5.74) is 13.1. The SMILES string of the molecule is COc1cc(OCC(N)=O)c(-c2ccc3oc(Cc4ccc(F)cc4)c(C(N)=O)c3c2)cc1C(=O)NC(C)(C)C. The number of amides is 3. The molecule has 208 valence electrons. The summed E-state index contributed by atoms with van der Waals surface area (Å²) in [6, 6.07) is 14.0. The molecule has 3 amide bonds. The number of primary amides is 2. The van der Waals surface area contributed by atoms with E-state index in [0.717, 1.165) is 5.56 Å². The van der Waals surface area contributed by atoms with Crippen LogP contribution in [0.25, 0.3) is 22.1 Å². The van der Waals surface area contributed by atoms with Gasteiger partial charge in [0.05, 0.1) is 18.2 Å². The Kier molecular flexibility index (Phi) is 7.81. The first kappa shape index (κ1) is 28.2. The molecule has 0 aliphatic carbocycles. The zero-order chi connectivity index (χ0) is 29.2. The van der Waals surface area contributed by atoms with Crippen molar-refractivity contribution in [3.05, 3.63) is 82.9 Å². The number of ether oxygens (including phenoxy) is 2. The second kappa shape index (κ2) is 11.1. The van der Waals surface area contributed by atoms with E-state index in [9.17, 15) is 18.8 Å². The Labute approximate surface area is 230 Å². The topological polar surface area (TPSA) is 147 Å². The molecule has 40 heavy (non-hydrogen) atoms. The Bertz CT molecular complexity index is 1600. The van der Waals surface area contributed by atoms with E-state index in [1.807, 2.05) is 20.8 Å². The number of carbonyl (C=O) groups is 3. The normalized spacial score (nSPS) is 11.3. The average molecular weight is 548 g/mol. The van der Waals surface area contributed by atoms with Gasteiger partial charge < -0.3 is 30.7 Å². The maximum atomic E-state index is 13.4. The van der Waals surface area contributed by atoms with E-state index in [0.29, 0.717) is 27.9 Å². The molecular formula is C30H30FN3O6. The van der Waals surface area contributed by atoms with Crippen LogP contribution in [0.3, 0.4) is 0 Å². The number of nitrogens with two attached hydrogens (primary N) is 2. The molecule has 0 fully saturated rings. The fourth-order valence-electron chi connectivity index (χ4n) is 4.31. The number of rotatable bonds is 9. The van der Waals surface area contributed by atoms with Gasteiger partial charge in [0, 0.05) is 29.0 Å². The number of fused-ring (bicyclic) bond motifs is 1. The van der Waals surface area contributed by atoms with Gasteiger partial charge in [-0.1, -0.05) is 18.2 Å². The lowest BCUT2D eigenvalue weighted by Crippen LogP contribution is -2.40. The highest BCUT2D eigenvalue weighted by Crippen LogP contribution is 2.39. The van der Waals surface area contributed by atoms with E-state index in [-0.39, 0.29) is 40.8 Å². The summed E-state index contributed by atoms with van der Waals surface area (Å²) in [5, 5.41) is 3.35. The van der Waals surface area contributed by atoms with Crippen LogP contribution >= 0.6 is 0 Å². The van der Waals surface area contributed by atoms with Crippen molar-refractivity contribution in [1.29, 1.82) is 0 Å². The molecule has 9 nitrogen and oxygen atoms in total. The van der Waals surface area contributed by atoms with E-state index in [1.54, 1.807) is 36.4 Å². The second-order valence-electron chi connectivity index (χ2n) is 10.3. The molecule has 0 radical (unpaired) electrons. The molecule has 0 spiro atoms. The highest BCUT2D eigenvalue weighted by molar-refractivity contribution is 6.08. The van der Waals surface area contributed by atoms with Gasteiger partial charge in [-0.3, -0.25) is 14.4 Å². The Morgan fingerprint density at radius 2 is 1.68 bits per heavy atom. The zero-order valence-electron chi connectivity index (χ0n) is 22.6. The van der Waals surface area contributed by atoms with Crippen LogP contribution in [0.5, 0.6) is 11.5 Å². The second-order valence-corrected chi connectivity index (χ2v) is 10.3. The van der Waals surface area contributed by atoms with E-state index >= 15 is 0 Å². The summed E-state index contributed by atoms with van der Waals surface area (Å²) in [7, 11) is 1.42. The summed E-state index contributed by atoms with van der Waals surface area (Å²) in [5.74, 6) is -1.35. The molecule has 3 aromatic carbocycles. The van der Waals surface area contributed by atoms with Gasteiger partial charge in [0.25, 0.3) is 17.7 Å². The van der Waals surface area contributed by atoms with E-state index in [2.05, 4.69) is 5.32 Å². The molecule has 10 heteroatoms. The lowest BCUT2D eigenvalue weighted by atomic mass is 9.97. The highest BCUT2D eigenvalue weighted by atomic mass is 19.1. The maximum absolute atomic E-state index is 13.4. The van der Waals surface area contributed by atoms with Gasteiger partial charge in [-0.15, -0.1) is 0 Å². The van der Waals surface area contributed by atoms with Crippen LogP contribution in [0.15, 0.2) is 59.0 Å². The molecule has 0 atom stereocenters. The Hall–Kier alpha value is -4.86. The minimum absolute atomic E-state index is 0.181. The minimum Gasteiger partial charge on any atom is -0.496 e. The highest BCUT2D eigenvalue weighted by Gasteiger charge is 2.24. The third kappa shape index (κ3) is 6.23. The molecule has 0 aliphatic heterocycles. The number of carbonyl (C=O) groups excluding carboxylic acids is 3. The quantitative estimate of drug-likeness (QED) is 0.284. The van der Waals surface area contributed by atoms with Gasteiger partial charge in [0.2, 0.25) is 0 Å². The number of nitrogens with one attached hydrogen (secondary N) is 1. The smallest absolute Gasteiger partial charge is 0.255 e. The molecule has 0 saturated carbocycles. The Balaban J connectivity index is 1.87. The van der Waals surface area contributed by atoms with Gasteiger partial charge in [0.1, 0.15) is 28.7 Å². The fraction of sp³-hybridized carbons (Fsp3) is 0.233. The molecule has 0 saturated heterocycles. The Morgan fingerprint density at radius 3 is 2.27 bits per heavy atom. The van der Waals surface area contributed by atoms with Gasteiger partial charge >= 0.3 is 0 Å². The molecule has 0 unspecified atom stereocenters. The lowest BCUT2D eigenvalue weighted by Gasteiger charge is -2.22. The van der Waals surface area contributed by atoms with Crippen LogP contribution in [0.2, 0.25) is 0 Å². The molecule has 1 heterocycles. The summed E-state index contributed by atoms with van der Waals surface area (Å²) in [4.78, 5) is 37.2. The van der Waals surface area contributed by atoms with Crippen molar-refractivity contribution in [2.24, 2.45) is 11.5 Å². The monoisotopic (exact) mass is 547 g/mol.